The number of halogens is 2. The molecule has 0 bridgehead atoms. The number of rotatable bonds is 6. The molecule has 0 aliphatic carbocycles. The first-order chi connectivity index (χ1) is 13.1. The number of aryl methyl sites for hydroxylation is 1. The number of nitrogens with one attached hydrogen (secondary N) is 1. The van der Waals surface area contributed by atoms with Crippen LogP contribution in [-0.2, 0) is 19.6 Å². The van der Waals surface area contributed by atoms with Gasteiger partial charge in [-0.25, -0.2) is 13.2 Å². The number of nitrogens with zero attached hydrogens (tertiary/aromatic N) is 2. The van der Waals surface area contributed by atoms with Crippen LogP contribution < -0.4 is 5.32 Å². The second-order valence-corrected chi connectivity index (χ2v) is 8.59. The van der Waals surface area contributed by atoms with Crippen LogP contribution in [0.3, 0.4) is 0 Å². The SMILES string of the molecule is COC(=O)c1cc(S(=O)(=O)N(C)CC(=O)Nc2ccc(Cl)c(Cl)c2)cnc1C. The lowest BCUT2D eigenvalue weighted by Gasteiger charge is -2.17. The predicted molar refractivity (Wildman–Crippen MR) is 105 cm³/mol. The van der Waals surface area contributed by atoms with Gasteiger partial charge in [0.15, 0.2) is 0 Å². The lowest BCUT2D eigenvalue weighted by Crippen LogP contribution is -2.35. The molecule has 1 amide bonds. The Morgan fingerprint density at radius 1 is 1.21 bits per heavy atom. The summed E-state index contributed by atoms with van der Waals surface area (Å²) in [6.45, 7) is 1.08. The summed E-state index contributed by atoms with van der Waals surface area (Å²) in [6, 6.07) is 5.65. The highest BCUT2D eigenvalue weighted by atomic mass is 35.5. The Morgan fingerprint density at radius 2 is 1.89 bits per heavy atom. The molecule has 0 radical (unpaired) electrons. The molecule has 28 heavy (non-hydrogen) atoms. The number of carbonyl (C=O) groups excluding carboxylic acids is 2. The molecule has 11 heteroatoms. The van der Waals surface area contributed by atoms with Crippen LogP contribution in [0, 0.1) is 6.92 Å². The van der Waals surface area contributed by atoms with E-state index in [-0.39, 0.29) is 15.5 Å². The molecular weight excluding hydrogens is 429 g/mol. The standard InChI is InChI=1S/C17H17Cl2N3O5S/c1-10-13(17(24)27-3)7-12(8-20-10)28(25,26)22(2)9-16(23)21-11-4-5-14(18)15(19)6-11/h4-8H,9H2,1-3H3,(H,21,23). The number of benzene rings is 1. The lowest BCUT2D eigenvalue weighted by molar-refractivity contribution is -0.116. The van der Waals surface area contributed by atoms with Crippen LogP contribution in [0.15, 0.2) is 35.4 Å². The Bertz CT molecular complexity index is 1030. The van der Waals surface area contributed by atoms with E-state index in [1.54, 1.807) is 6.92 Å². The van der Waals surface area contributed by atoms with E-state index in [9.17, 15) is 18.0 Å². The summed E-state index contributed by atoms with van der Waals surface area (Å²) in [5.74, 6) is -1.29. The monoisotopic (exact) mass is 445 g/mol. The maximum Gasteiger partial charge on any atom is 0.339 e. The summed E-state index contributed by atoms with van der Waals surface area (Å²) in [7, 11) is -1.65. The molecule has 1 aromatic carbocycles. The molecule has 150 valence electrons. The van der Waals surface area contributed by atoms with Gasteiger partial charge in [-0.2, -0.15) is 4.31 Å². The van der Waals surface area contributed by atoms with Gasteiger partial charge < -0.3 is 10.1 Å². The molecule has 0 aliphatic heterocycles. The van der Waals surface area contributed by atoms with Crippen LogP contribution in [0.1, 0.15) is 16.1 Å². The van der Waals surface area contributed by atoms with Gasteiger partial charge >= 0.3 is 5.97 Å². The number of likely N-dealkylation sites (N-methyl/N-ethyl adjacent to an activating group) is 1. The van der Waals surface area contributed by atoms with E-state index in [1.165, 1.54) is 32.4 Å². The van der Waals surface area contributed by atoms with Crippen molar-refractivity contribution < 1.29 is 22.7 Å². The Balaban J connectivity index is 2.18. The van der Waals surface area contributed by atoms with Crippen molar-refractivity contribution in [3.05, 3.63) is 51.8 Å². The molecule has 2 aromatic rings. The predicted octanol–water partition coefficient (Wildman–Crippen LogP) is 2.74. The van der Waals surface area contributed by atoms with E-state index < -0.39 is 28.4 Å². The number of hydrogen-bond donors (Lipinski definition) is 1. The first-order valence-electron chi connectivity index (χ1n) is 7.82. The second kappa shape index (κ2) is 8.87. The van der Waals surface area contributed by atoms with Gasteiger partial charge in [0.25, 0.3) is 0 Å². The molecule has 0 aliphatic rings. The highest BCUT2D eigenvalue weighted by Crippen LogP contribution is 2.25. The number of methoxy groups -OCH3 is 1. The molecule has 1 aromatic heterocycles. The van der Waals surface area contributed by atoms with Crippen molar-refractivity contribution in [3.63, 3.8) is 0 Å². The molecule has 0 unspecified atom stereocenters. The molecule has 8 nitrogen and oxygen atoms in total. The van der Waals surface area contributed by atoms with E-state index in [4.69, 9.17) is 23.2 Å². The summed E-state index contributed by atoms with van der Waals surface area (Å²) in [5.41, 5.74) is 0.721. The van der Waals surface area contributed by atoms with Crippen molar-refractivity contribution in [3.8, 4) is 0 Å². The average Bonchev–Trinajstić information content (AvgIpc) is 2.64. The zero-order valence-corrected chi connectivity index (χ0v) is 17.5. The highest BCUT2D eigenvalue weighted by Gasteiger charge is 2.25. The quantitative estimate of drug-likeness (QED) is 0.685. The van der Waals surface area contributed by atoms with Gasteiger partial charge in [0, 0.05) is 18.9 Å². The number of pyridine rings is 1. The van der Waals surface area contributed by atoms with Crippen LogP contribution in [0.4, 0.5) is 5.69 Å². The molecular formula is C17H17Cl2N3O5S. The van der Waals surface area contributed by atoms with Gasteiger partial charge in [0.2, 0.25) is 15.9 Å². The van der Waals surface area contributed by atoms with Crippen LogP contribution in [0.25, 0.3) is 0 Å². The fourth-order valence-electron chi connectivity index (χ4n) is 2.21. The zero-order valence-electron chi connectivity index (χ0n) is 15.2. The van der Waals surface area contributed by atoms with Gasteiger partial charge in [0.1, 0.15) is 4.90 Å². The smallest absolute Gasteiger partial charge is 0.339 e. The van der Waals surface area contributed by atoms with Crippen molar-refractivity contribution in [1.82, 2.24) is 9.29 Å². The third-order valence-corrected chi connectivity index (χ3v) is 6.25. The first-order valence-corrected chi connectivity index (χ1v) is 10.0. The van der Waals surface area contributed by atoms with Crippen LogP contribution in [0.5, 0.6) is 0 Å². The van der Waals surface area contributed by atoms with Crippen molar-refractivity contribution >= 4 is 50.8 Å². The molecule has 0 saturated heterocycles. The van der Waals surface area contributed by atoms with Crippen LogP contribution >= 0.6 is 23.2 Å². The van der Waals surface area contributed by atoms with Crippen LogP contribution in [0.2, 0.25) is 10.0 Å². The normalized spacial score (nSPS) is 11.4. The number of amides is 1. The van der Waals surface area contributed by atoms with Crippen LogP contribution in [-0.4, -0.2) is 50.3 Å². The van der Waals surface area contributed by atoms with Gasteiger partial charge in [-0.3, -0.25) is 9.78 Å². The summed E-state index contributed by atoms with van der Waals surface area (Å²) in [4.78, 5) is 27.6. The Hall–Kier alpha value is -2.20. The number of carbonyl (C=O) groups is 2. The Labute approximate surface area is 172 Å². The number of hydrogen-bond acceptors (Lipinski definition) is 6. The lowest BCUT2D eigenvalue weighted by atomic mass is 10.2. The number of aromatic nitrogens is 1. The van der Waals surface area contributed by atoms with E-state index in [2.05, 4.69) is 15.0 Å². The van der Waals surface area contributed by atoms with E-state index in [0.29, 0.717) is 16.4 Å². The summed E-state index contributed by atoms with van der Waals surface area (Å²) in [5, 5.41) is 3.11. The fourth-order valence-corrected chi connectivity index (χ4v) is 3.61. The molecule has 0 atom stereocenters. The minimum Gasteiger partial charge on any atom is -0.465 e. The maximum atomic E-state index is 12.7. The number of ether oxygens (including phenoxy) is 1. The maximum absolute atomic E-state index is 12.7. The molecule has 2 rings (SSSR count). The van der Waals surface area contributed by atoms with Crippen molar-refractivity contribution in [2.75, 3.05) is 26.0 Å². The van der Waals surface area contributed by atoms with E-state index >= 15 is 0 Å². The summed E-state index contributed by atoms with van der Waals surface area (Å²) in [6.07, 6.45) is 1.12. The zero-order chi connectivity index (χ0) is 21.1. The molecule has 0 fully saturated rings. The van der Waals surface area contributed by atoms with E-state index in [0.717, 1.165) is 16.6 Å². The number of esters is 1. The summed E-state index contributed by atoms with van der Waals surface area (Å²) < 4.78 is 30.9. The molecule has 1 N–H and O–H groups in total. The summed E-state index contributed by atoms with van der Waals surface area (Å²) >= 11 is 11.7. The van der Waals surface area contributed by atoms with Crippen molar-refractivity contribution in [2.45, 2.75) is 11.8 Å². The molecule has 0 spiro atoms. The Kier molecular flexibility index (Phi) is 7.00. The molecule has 0 saturated carbocycles. The van der Waals surface area contributed by atoms with Crippen molar-refractivity contribution in [2.24, 2.45) is 0 Å². The van der Waals surface area contributed by atoms with E-state index in [1.807, 2.05) is 0 Å². The molecule has 1 heterocycles. The minimum absolute atomic E-state index is 0.0252. The average molecular weight is 446 g/mol. The minimum atomic E-state index is -4.07. The number of anilines is 1. The fraction of sp³-hybridized carbons (Fsp3) is 0.235. The highest BCUT2D eigenvalue weighted by molar-refractivity contribution is 7.89. The number of sulfonamides is 1. The van der Waals surface area contributed by atoms with Gasteiger partial charge in [-0.1, -0.05) is 23.2 Å². The third-order valence-electron chi connectivity index (χ3n) is 3.74. The third kappa shape index (κ3) is 4.99. The van der Waals surface area contributed by atoms with Gasteiger partial charge in [-0.15, -0.1) is 0 Å². The Morgan fingerprint density at radius 3 is 2.50 bits per heavy atom. The first kappa shape index (κ1) is 22.1. The van der Waals surface area contributed by atoms with Gasteiger partial charge in [-0.05, 0) is 31.2 Å². The largest absolute Gasteiger partial charge is 0.465 e. The second-order valence-electron chi connectivity index (χ2n) is 5.73. The van der Waals surface area contributed by atoms with Crippen molar-refractivity contribution in [1.29, 1.82) is 0 Å². The van der Waals surface area contributed by atoms with Gasteiger partial charge in [0.05, 0.1) is 35.0 Å². The topological polar surface area (TPSA) is 106 Å².